The first-order valence-corrected chi connectivity index (χ1v) is 9.50. The van der Waals surface area contributed by atoms with Gasteiger partial charge in [0, 0.05) is 5.69 Å². The number of carbonyl (C=O) groups is 1. The van der Waals surface area contributed by atoms with Crippen LogP contribution in [0.4, 0.5) is 5.82 Å². The number of benzene rings is 2. The zero-order valence-electron chi connectivity index (χ0n) is 16.5. The number of fused-ring (bicyclic) bond motifs is 2. The number of rotatable bonds is 5. The predicted molar refractivity (Wildman–Crippen MR) is 113 cm³/mol. The van der Waals surface area contributed by atoms with Crippen molar-refractivity contribution >= 4 is 34.0 Å². The molecule has 2 aromatic carbocycles. The van der Waals surface area contributed by atoms with Gasteiger partial charge in [-0.2, -0.15) is 0 Å². The van der Waals surface area contributed by atoms with Gasteiger partial charge in [0.05, 0.1) is 23.7 Å². The minimum atomic E-state index is -0.517. The second-order valence-electron chi connectivity index (χ2n) is 6.86. The molecular weight excluding hydrogens is 368 g/mol. The maximum Gasteiger partial charge on any atom is 0.344 e. The lowest BCUT2D eigenvalue weighted by atomic mass is 10.2. The van der Waals surface area contributed by atoms with Crippen LogP contribution in [0.2, 0.25) is 0 Å². The van der Waals surface area contributed by atoms with E-state index >= 15 is 0 Å². The summed E-state index contributed by atoms with van der Waals surface area (Å²) in [5.41, 5.74) is 9.73. The van der Waals surface area contributed by atoms with E-state index in [1.54, 1.807) is 18.4 Å². The highest BCUT2D eigenvalue weighted by Crippen LogP contribution is 2.32. The number of anilines is 1. The Morgan fingerprint density at radius 3 is 2.34 bits per heavy atom. The third-order valence-electron chi connectivity index (χ3n) is 4.45. The molecule has 29 heavy (non-hydrogen) atoms. The zero-order chi connectivity index (χ0) is 20.5. The quantitative estimate of drug-likeness (QED) is 0.515. The van der Waals surface area contributed by atoms with Gasteiger partial charge in [-0.05, 0) is 57.2 Å². The fraction of sp³-hybridized carbons (Fsp3) is 0.227. The largest absolute Gasteiger partial charge is 0.494 e. The maximum absolute atomic E-state index is 12.8. The number of para-hydroxylation sites is 2. The lowest BCUT2D eigenvalue weighted by molar-refractivity contribution is 0.0381. The first-order chi connectivity index (χ1) is 14.0. The Labute approximate surface area is 168 Å². The first-order valence-electron chi connectivity index (χ1n) is 9.50. The second kappa shape index (κ2) is 7.43. The monoisotopic (exact) mass is 390 g/mol. The zero-order valence-corrected chi connectivity index (χ0v) is 16.5. The van der Waals surface area contributed by atoms with E-state index in [0.29, 0.717) is 28.8 Å². The Morgan fingerprint density at radius 1 is 1.07 bits per heavy atom. The van der Waals surface area contributed by atoms with E-state index in [9.17, 15) is 4.79 Å². The predicted octanol–water partition coefficient (Wildman–Crippen LogP) is 4.12. The van der Waals surface area contributed by atoms with Crippen LogP contribution in [-0.4, -0.2) is 33.2 Å². The van der Waals surface area contributed by atoms with Crippen LogP contribution < -0.4 is 10.5 Å². The smallest absolute Gasteiger partial charge is 0.344 e. The molecule has 2 N–H and O–H groups in total. The van der Waals surface area contributed by atoms with Crippen molar-refractivity contribution in [3.8, 4) is 11.4 Å². The summed E-state index contributed by atoms with van der Waals surface area (Å²) in [7, 11) is 0. The van der Waals surface area contributed by atoms with Crippen molar-refractivity contribution in [3.05, 3.63) is 54.1 Å². The van der Waals surface area contributed by atoms with Crippen LogP contribution in [0.25, 0.3) is 27.9 Å². The molecule has 0 fully saturated rings. The molecule has 0 aliphatic heterocycles. The second-order valence-corrected chi connectivity index (χ2v) is 6.86. The number of nitrogens with zero attached hydrogens (tertiary/aromatic N) is 3. The van der Waals surface area contributed by atoms with Gasteiger partial charge in [-0.15, -0.1) is 0 Å². The molecular formula is C22H22N4O3. The number of hydrogen-bond donors (Lipinski definition) is 1. The molecule has 4 rings (SSSR count). The summed E-state index contributed by atoms with van der Waals surface area (Å²) < 4.78 is 12.7. The van der Waals surface area contributed by atoms with Crippen molar-refractivity contribution in [1.82, 2.24) is 14.5 Å². The van der Waals surface area contributed by atoms with Gasteiger partial charge in [0.2, 0.25) is 0 Å². The third-order valence-corrected chi connectivity index (χ3v) is 4.45. The van der Waals surface area contributed by atoms with Crippen LogP contribution in [0.5, 0.6) is 5.75 Å². The first kappa shape index (κ1) is 18.7. The van der Waals surface area contributed by atoms with Crippen LogP contribution in [0, 0.1) is 0 Å². The standard InChI is InChI=1S/C22H22N4O3/c1-4-28-15-11-9-14(10-12-15)26-20(23)18(22(27)29-13(2)3)19-21(26)25-17-8-6-5-7-16(17)24-19/h5-13H,4,23H2,1-3H3. The minimum Gasteiger partial charge on any atom is -0.494 e. The number of carbonyl (C=O) groups excluding carboxylic acids is 1. The van der Waals surface area contributed by atoms with Gasteiger partial charge in [-0.25, -0.2) is 14.8 Å². The van der Waals surface area contributed by atoms with Gasteiger partial charge in [-0.1, -0.05) is 12.1 Å². The third kappa shape index (κ3) is 3.35. The average Bonchev–Trinajstić information content (AvgIpc) is 2.97. The van der Waals surface area contributed by atoms with E-state index in [-0.39, 0.29) is 17.5 Å². The molecule has 0 bridgehead atoms. The van der Waals surface area contributed by atoms with E-state index < -0.39 is 5.97 Å². The SMILES string of the molecule is CCOc1ccc(-n2c(N)c(C(=O)OC(C)C)c3nc4ccccc4nc32)cc1. The molecule has 7 heteroatoms. The van der Waals surface area contributed by atoms with E-state index in [2.05, 4.69) is 4.98 Å². The normalized spacial score (nSPS) is 11.3. The van der Waals surface area contributed by atoms with Gasteiger partial charge in [0.25, 0.3) is 0 Å². The van der Waals surface area contributed by atoms with E-state index in [1.165, 1.54) is 0 Å². The summed E-state index contributed by atoms with van der Waals surface area (Å²) in [6.07, 6.45) is -0.279. The van der Waals surface area contributed by atoms with Crippen LogP contribution in [-0.2, 0) is 4.74 Å². The summed E-state index contributed by atoms with van der Waals surface area (Å²) >= 11 is 0. The van der Waals surface area contributed by atoms with Crippen molar-refractivity contribution in [2.24, 2.45) is 0 Å². The van der Waals surface area contributed by atoms with Crippen molar-refractivity contribution in [1.29, 1.82) is 0 Å². The molecule has 0 aliphatic rings. The molecule has 0 spiro atoms. The van der Waals surface area contributed by atoms with Crippen LogP contribution in [0.15, 0.2) is 48.5 Å². The Hall–Kier alpha value is -3.61. The van der Waals surface area contributed by atoms with Crippen LogP contribution >= 0.6 is 0 Å². The Morgan fingerprint density at radius 2 is 1.72 bits per heavy atom. The number of nitrogens with two attached hydrogens (primary N) is 1. The average molecular weight is 390 g/mol. The fourth-order valence-electron chi connectivity index (χ4n) is 3.26. The number of ether oxygens (including phenoxy) is 2. The lowest BCUT2D eigenvalue weighted by Crippen LogP contribution is -2.13. The molecule has 0 saturated carbocycles. The number of nitrogen functional groups attached to an aromatic ring is 1. The van der Waals surface area contributed by atoms with E-state index in [1.807, 2.05) is 55.5 Å². The van der Waals surface area contributed by atoms with Crippen molar-refractivity contribution in [2.45, 2.75) is 26.9 Å². The van der Waals surface area contributed by atoms with Gasteiger partial charge in [-0.3, -0.25) is 4.57 Å². The highest BCUT2D eigenvalue weighted by molar-refractivity contribution is 6.09. The van der Waals surface area contributed by atoms with Gasteiger partial charge < -0.3 is 15.2 Å². The fourth-order valence-corrected chi connectivity index (χ4v) is 3.26. The summed E-state index contributed by atoms with van der Waals surface area (Å²) in [4.78, 5) is 22.2. The number of esters is 1. The highest BCUT2D eigenvalue weighted by atomic mass is 16.5. The summed E-state index contributed by atoms with van der Waals surface area (Å²) in [5, 5.41) is 0. The summed E-state index contributed by atoms with van der Waals surface area (Å²) in [6, 6.07) is 14.9. The summed E-state index contributed by atoms with van der Waals surface area (Å²) in [5.74, 6) is 0.476. The van der Waals surface area contributed by atoms with Gasteiger partial charge in [0.15, 0.2) is 5.65 Å². The molecule has 0 atom stereocenters. The molecule has 0 unspecified atom stereocenters. The molecule has 0 radical (unpaired) electrons. The van der Waals surface area contributed by atoms with E-state index in [4.69, 9.17) is 20.2 Å². The molecule has 2 aromatic heterocycles. The van der Waals surface area contributed by atoms with Crippen molar-refractivity contribution in [2.75, 3.05) is 12.3 Å². The number of aromatic nitrogens is 3. The molecule has 4 aromatic rings. The maximum atomic E-state index is 12.8. The van der Waals surface area contributed by atoms with Crippen LogP contribution in [0.3, 0.4) is 0 Å². The van der Waals surface area contributed by atoms with Crippen molar-refractivity contribution < 1.29 is 14.3 Å². The molecule has 0 amide bonds. The Bertz CT molecular complexity index is 1200. The lowest BCUT2D eigenvalue weighted by Gasteiger charge is -2.10. The highest BCUT2D eigenvalue weighted by Gasteiger charge is 2.26. The van der Waals surface area contributed by atoms with Crippen molar-refractivity contribution in [3.63, 3.8) is 0 Å². The van der Waals surface area contributed by atoms with Crippen LogP contribution in [0.1, 0.15) is 31.1 Å². The molecule has 0 aliphatic carbocycles. The Kier molecular flexibility index (Phi) is 4.80. The molecule has 7 nitrogen and oxygen atoms in total. The summed E-state index contributed by atoms with van der Waals surface area (Å²) in [6.45, 7) is 6.09. The number of hydrogen-bond acceptors (Lipinski definition) is 6. The molecule has 0 saturated heterocycles. The Balaban J connectivity index is 1.98. The molecule has 2 heterocycles. The van der Waals surface area contributed by atoms with E-state index in [0.717, 1.165) is 11.4 Å². The van der Waals surface area contributed by atoms with Gasteiger partial charge in [0.1, 0.15) is 22.6 Å². The topological polar surface area (TPSA) is 92.3 Å². The van der Waals surface area contributed by atoms with Gasteiger partial charge >= 0.3 is 5.97 Å². The molecule has 148 valence electrons. The minimum absolute atomic E-state index is 0.223.